The monoisotopic (exact) mass is 375 g/mol. The largest absolute Gasteiger partial charge is 0.451 e. The van der Waals surface area contributed by atoms with Gasteiger partial charge in [0.15, 0.2) is 6.61 Å². The lowest BCUT2D eigenvalue weighted by molar-refractivity contribution is -0.124. The van der Waals surface area contributed by atoms with Gasteiger partial charge in [0.25, 0.3) is 5.91 Å². The lowest BCUT2D eigenvalue weighted by Gasteiger charge is -2.07. The van der Waals surface area contributed by atoms with Crippen molar-refractivity contribution >= 4 is 23.2 Å². The molecule has 134 valence electrons. The molecule has 0 spiro atoms. The molecule has 1 aromatic carbocycles. The van der Waals surface area contributed by atoms with Crippen molar-refractivity contribution < 1.29 is 18.7 Å². The van der Waals surface area contributed by atoms with E-state index >= 15 is 0 Å². The van der Waals surface area contributed by atoms with Gasteiger partial charge in [0.05, 0.1) is 5.69 Å². The fourth-order valence-electron chi connectivity index (χ4n) is 2.10. The van der Waals surface area contributed by atoms with Crippen molar-refractivity contribution in [1.82, 2.24) is 25.5 Å². The highest BCUT2D eigenvalue weighted by atomic mass is 32.1. The molecule has 0 bridgehead atoms. The molecular weight excluding hydrogens is 361 g/mol. The number of benzene rings is 1. The third-order valence-electron chi connectivity index (χ3n) is 3.49. The molecule has 10 heteroatoms. The van der Waals surface area contributed by atoms with E-state index in [1.165, 1.54) is 17.1 Å². The van der Waals surface area contributed by atoms with Crippen LogP contribution in [0.2, 0.25) is 0 Å². The lowest BCUT2D eigenvalue weighted by atomic mass is 10.1. The summed E-state index contributed by atoms with van der Waals surface area (Å²) in [5.74, 6) is -1.47. The number of halogens is 1. The van der Waals surface area contributed by atoms with Gasteiger partial charge >= 0.3 is 5.97 Å². The summed E-state index contributed by atoms with van der Waals surface area (Å²) in [4.78, 5) is 24.3. The number of rotatable bonds is 6. The number of carbonyl (C=O) groups is 2. The van der Waals surface area contributed by atoms with E-state index in [9.17, 15) is 14.0 Å². The molecule has 1 amide bonds. The zero-order chi connectivity index (χ0) is 18.5. The Morgan fingerprint density at radius 1 is 1.35 bits per heavy atom. The normalized spacial score (nSPS) is 10.5. The van der Waals surface area contributed by atoms with E-state index in [2.05, 4.69) is 20.8 Å². The summed E-state index contributed by atoms with van der Waals surface area (Å²) in [7, 11) is 0. The van der Waals surface area contributed by atoms with Crippen LogP contribution in [0.4, 0.5) is 4.39 Å². The van der Waals surface area contributed by atoms with Crippen molar-refractivity contribution in [2.24, 2.45) is 0 Å². The van der Waals surface area contributed by atoms with Crippen LogP contribution in [0.15, 0.2) is 36.0 Å². The van der Waals surface area contributed by atoms with Crippen molar-refractivity contribution in [2.75, 3.05) is 6.61 Å². The Morgan fingerprint density at radius 3 is 2.92 bits per heavy atom. The predicted molar refractivity (Wildman–Crippen MR) is 90.3 cm³/mol. The molecule has 1 N–H and O–H groups in total. The van der Waals surface area contributed by atoms with E-state index in [1.54, 1.807) is 30.5 Å². The molecule has 0 radical (unpaired) electrons. The number of carbonyl (C=O) groups excluding carboxylic acids is 2. The minimum absolute atomic E-state index is 0.141. The maximum atomic E-state index is 13.5. The Morgan fingerprint density at radius 2 is 2.19 bits per heavy atom. The quantitative estimate of drug-likeness (QED) is 0.658. The number of ether oxygens (including phenoxy) is 1. The van der Waals surface area contributed by atoms with E-state index in [0.29, 0.717) is 16.8 Å². The number of nitrogens with zero attached hydrogens (tertiary/aromatic N) is 4. The SMILES string of the molecule is Cc1ccc(CNC(=O)COC(=O)c2sccc2-n2cnnn2)cc1F. The van der Waals surface area contributed by atoms with Crippen molar-refractivity contribution in [3.8, 4) is 5.69 Å². The Balaban J connectivity index is 1.52. The van der Waals surface area contributed by atoms with Gasteiger partial charge in [-0.15, -0.1) is 16.4 Å². The van der Waals surface area contributed by atoms with Crippen LogP contribution in [0.1, 0.15) is 20.8 Å². The number of thiophene rings is 1. The summed E-state index contributed by atoms with van der Waals surface area (Å²) in [6.07, 6.45) is 1.35. The molecule has 2 aromatic heterocycles. The first-order valence-corrected chi connectivity index (χ1v) is 8.42. The van der Waals surface area contributed by atoms with E-state index in [-0.39, 0.29) is 17.2 Å². The Hall–Kier alpha value is -3.14. The molecule has 3 aromatic rings. The Bertz CT molecular complexity index is 926. The summed E-state index contributed by atoms with van der Waals surface area (Å²) in [5.41, 5.74) is 1.62. The van der Waals surface area contributed by atoms with Crippen molar-refractivity contribution in [3.05, 3.63) is 57.8 Å². The molecule has 26 heavy (non-hydrogen) atoms. The molecule has 0 unspecified atom stereocenters. The van der Waals surface area contributed by atoms with Gasteiger partial charge < -0.3 is 10.1 Å². The van der Waals surface area contributed by atoms with E-state index in [4.69, 9.17) is 4.74 Å². The summed E-state index contributed by atoms with van der Waals surface area (Å²) < 4.78 is 19.8. The molecule has 2 heterocycles. The van der Waals surface area contributed by atoms with Crippen molar-refractivity contribution in [2.45, 2.75) is 13.5 Å². The van der Waals surface area contributed by atoms with Crippen LogP contribution < -0.4 is 5.32 Å². The third kappa shape index (κ3) is 4.09. The number of tetrazole rings is 1. The number of aromatic nitrogens is 4. The minimum Gasteiger partial charge on any atom is -0.451 e. The number of amides is 1. The lowest BCUT2D eigenvalue weighted by Crippen LogP contribution is -2.28. The van der Waals surface area contributed by atoms with Crippen molar-refractivity contribution in [1.29, 1.82) is 0 Å². The van der Waals surface area contributed by atoms with Gasteiger partial charge in [-0.2, -0.15) is 4.68 Å². The van der Waals surface area contributed by atoms with E-state index in [1.807, 2.05) is 0 Å². The molecular formula is C16H14FN5O3S. The third-order valence-corrected chi connectivity index (χ3v) is 4.37. The van der Waals surface area contributed by atoms with Crippen LogP contribution in [0.5, 0.6) is 0 Å². The number of aryl methyl sites for hydroxylation is 1. The first-order valence-electron chi connectivity index (χ1n) is 7.54. The second-order valence-electron chi connectivity index (χ2n) is 5.33. The van der Waals surface area contributed by atoms with Gasteiger partial charge in [-0.3, -0.25) is 4.79 Å². The van der Waals surface area contributed by atoms with Gasteiger partial charge in [-0.1, -0.05) is 12.1 Å². The number of hydrogen-bond donors (Lipinski definition) is 1. The Kier molecular flexibility index (Phi) is 5.32. The summed E-state index contributed by atoms with van der Waals surface area (Å²) in [6.45, 7) is 1.36. The van der Waals surface area contributed by atoms with Crippen LogP contribution in [0.3, 0.4) is 0 Å². The van der Waals surface area contributed by atoms with Crippen LogP contribution in [-0.2, 0) is 16.1 Å². The second-order valence-corrected chi connectivity index (χ2v) is 6.24. The first kappa shape index (κ1) is 17.7. The molecule has 3 rings (SSSR count). The highest BCUT2D eigenvalue weighted by molar-refractivity contribution is 7.12. The molecule has 0 saturated carbocycles. The van der Waals surface area contributed by atoms with Gasteiger partial charge in [0.2, 0.25) is 0 Å². The van der Waals surface area contributed by atoms with E-state index in [0.717, 1.165) is 11.3 Å². The summed E-state index contributed by atoms with van der Waals surface area (Å²) >= 11 is 1.16. The summed E-state index contributed by atoms with van der Waals surface area (Å²) in [6, 6.07) is 6.37. The topological polar surface area (TPSA) is 99.0 Å². The maximum absolute atomic E-state index is 13.5. The van der Waals surface area contributed by atoms with Crippen LogP contribution in [0, 0.1) is 12.7 Å². The van der Waals surface area contributed by atoms with Crippen molar-refractivity contribution in [3.63, 3.8) is 0 Å². The minimum atomic E-state index is -0.651. The maximum Gasteiger partial charge on any atom is 0.351 e. The zero-order valence-corrected chi connectivity index (χ0v) is 14.5. The van der Waals surface area contributed by atoms with Crippen LogP contribution >= 0.6 is 11.3 Å². The standard InChI is InChI=1S/C16H14FN5O3S/c1-10-2-3-11(6-12(10)17)7-18-14(23)8-25-16(24)15-13(4-5-26-15)22-9-19-20-21-22/h2-6,9H,7-8H2,1H3,(H,18,23). The zero-order valence-electron chi connectivity index (χ0n) is 13.7. The fraction of sp³-hybridized carbons (Fsp3) is 0.188. The highest BCUT2D eigenvalue weighted by Crippen LogP contribution is 2.20. The molecule has 0 atom stereocenters. The molecule has 0 saturated heterocycles. The number of esters is 1. The number of hydrogen-bond acceptors (Lipinski definition) is 7. The van der Waals surface area contributed by atoms with Crippen LogP contribution in [-0.4, -0.2) is 38.7 Å². The van der Waals surface area contributed by atoms with Gasteiger partial charge in [0.1, 0.15) is 17.0 Å². The second kappa shape index (κ2) is 7.83. The fourth-order valence-corrected chi connectivity index (χ4v) is 2.87. The molecule has 0 fully saturated rings. The highest BCUT2D eigenvalue weighted by Gasteiger charge is 2.18. The average Bonchev–Trinajstić information content (AvgIpc) is 3.31. The molecule has 8 nitrogen and oxygen atoms in total. The summed E-state index contributed by atoms with van der Waals surface area (Å²) in [5, 5.41) is 15.0. The average molecular weight is 375 g/mol. The van der Waals surface area contributed by atoms with Crippen LogP contribution in [0.25, 0.3) is 5.69 Å². The molecule has 0 aliphatic carbocycles. The Labute approximate surface area is 151 Å². The van der Waals surface area contributed by atoms with Gasteiger partial charge in [-0.05, 0) is 46.0 Å². The first-order chi connectivity index (χ1) is 12.5. The van der Waals surface area contributed by atoms with Gasteiger partial charge in [0, 0.05) is 6.54 Å². The number of nitrogens with one attached hydrogen (secondary N) is 1. The molecule has 0 aliphatic rings. The van der Waals surface area contributed by atoms with E-state index < -0.39 is 18.5 Å². The van der Waals surface area contributed by atoms with Gasteiger partial charge in [-0.25, -0.2) is 9.18 Å². The molecule has 0 aliphatic heterocycles. The predicted octanol–water partition coefficient (Wildman–Crippen LogP) is 1.64. The smallest absolute Gasteiger partial charge is 0.351 e.